The molecule has 0 spiro atoms. The van der Waals surface area contributed by atoms with Gasteiger partial charge in [-0.3, -0.25) is 4.72 Å². The van der Waals surface area contributed by atoms with Crippen LogP contribution in [0.4, 0.5) is 5.82 Å². The molecule has 1 aromatic rings. The fraction of sp³-hybridized carbons (Fsp3) is 0.429. The van der Waals surface area contributed by atoms with Crippen molar-refractivity contribution in [2.24, 2.45) is 0 Å². The van der Waals surface area contributed by atoms with Crippen LogP contribution < -0.4 is 9.44 Å². The van der Waals surface area contributed by atoms with Crippen LogP contribution in [-0.2, 0) is 10.2 Å². The number of nitrogens with one attached hydrogen (secondary N) is 2. The van der Waals surface area contributed by atoms with Gasteiger partial charge in [0.15, 0.2) is 11.0 Å². The van der Waals surface area contributed by atoms with Gasteiger partial charge in [0.2, 0.25) is 0 Å². The molecule has 0 bridgehead atoms. The second-order valence-electron chi connectivity index (χ2n) is 3.12. The predicted octanol–water partition coefficient (Wildman–Crippen LogP) is 0.785. The molecule has 1 aromatic heterocycles. The largest absolute Gasteiger partial charge is 0.300 e. The van der Waals surface area contributed by atoms with E-state index in [1.807, 2.05) is 0 Å². The van der Waals surface area contributed by atoms with Crippen LogP contribution in [-0.4, -0.2) is 24.7 Å². The maximum absolute atomic E-state index is 11.4. The summed E-state index contributed by atoms with van der Waals surface area (Å²) in [5.74, 6) is 0.118. The van der Waals surface area contributed by atoms with Crippen LogP contribution in [0.15, 0.2) is 12.1 Å². The number of anilines is 1. The first kappa shape index (κ1) is 12.2. The molecule has 0 aromatic carbocycles. The summed E-state index contributed by atoms with van der Waals surface area (Å²) in [4.78, 5) is 0. The molecule has 2 N–H and O–H groups in total. The maximum Gasteiger partial charge on any atom is 0.300 e. The summed E-state index contributed by atoms with van der Waals surface area (Å²) < 4.78 is 27.3. The van der Waals surface area contributed by atoms with Crippen molar-refractivity contribution >= 4 is 27.6 Å². The first-order valence-corrected chi connectivity index (χ1v) is 6.04. The lowest BCUT2D eigenvalue weighted by Gasteiger charge is -2.10. The van der Waals surface area contributed by atoms with Crippen molar-refractivity contribution < 1.29 is 8.42 Å². The molecule has 8 heteroatoms. The molecule has 1 heterocycles. The molecule has 0 aliphatic rings. The predicted molar refractivity (Wildman–Crippen MR) is 57.9 cm³/mol. The Morgan fingerprint density at radius 3 is 2.47 bits per heavy atom. The average Bonchev–Trinajstić information content (AvgIpc) is 2.06. The van der Waals surface area contributed by atoms with Crippen LogP contribution in [0, 0.1) is 0 Å². The Hall–Kier alpha value is -0.920. The van der Waals surface area contributed by atoms with Gasteiger partial charge in [0.25, 0.3) is 0 Å². The first-order valence-electron chi connectivity index (χ1n) is 4.18. The SMILES string of the molecule is CC(C)NS(=O)(=O)Nc1ccc(Cl)nn1. The van der Waals surface area contributed by atoms with Crippen molar-refractivity contribution in [3.05, 3.63) is 17.3 Å². The molecule has 0 aliphatic heterocycles. The van der Waals surface area contributed by atoms with Crippen molar-refractivity contribution in [2.45, 2.75) is 19.9 Å². The van der Waals surface area contributed by atoms with Gasteiger partial charge in [0.05, 0.1) is 0 Å². The third-order valence-electron chi connectivity index (χ3n) is 1.26. The highest BCUT2D eigenvalue weighted by molar-refractivity contribution is 7.90. The van der Waals surface area contributed by atoms with E-state index in [2.05, 4.69) is 19.6 Å². The molecule has 6 nitrogen and oxygen atoms in total. The highest BCUT2D eigenvalue weighted by Crippen LogP contribution is 2.07. The van der Waals surface area contributed by atoms with Gasteiger partial charge in [0, 0.05) is 6.04 Å². The van der Waals surface area contributed by atoms with Crippen LogP contribution in [0.1, 0.15) is 13.8 Å². The number of aromatic nitrogens is 2. The Balaban J connectivity index is 2.73. The lowest BCUT2D eigenvalue weighted by molar-refractivity contribution is 0.575. The van der Waals surface area contributed by atoms with E-state index < -0.39 is 10.2 Å². The van der Waals surface area contributed by atoms with Crippen molar-refractivity contribution in [1.82, 2.24) is 14.9 Å². The van der Waals surface area contributed by atoms with E-state index in [9.17, 15) is 8.42 Å². The van der Waals surface area contributed by atoms with Crippen LogP contribution in [0.3, 0.4) is 0 Å². The number of rotatable bonds is 4. The molecule has 0 unspecified atom stereocenters. The molecule has 0 atom stereocenters. The third kappa shape index (κ3) is 4.41. The number of hydrogen-bond donors (Lipinski definition) is 2. The normalized spacial score (nSPS) is 11.7. The van der Waals surface area contributed by atoms with Gasteiger partial charge < -0.3 is 0 Å². The topological polar surface area (TPSA) is 84.0 Å². The molecule has 1 rings (SSSR count). The zero-order chi connectivity index (χ0) is 11.5. The van der Waals surface area contributed by atoms with Crippen LogP contribution >= 0.6 is 11.6 Å². The van der Waals surface area contributed by atoms with Gasteiger partial charge in [-0.15, -0.1) is 10.2 Å². The maximum atomic E-state index is 11.4. The molecule has 84 valence electrons. The number of nitrogens with zero attached hydrogens (tertiary/aromatic N) is 2. The molecule has 0 amide bonds. The minimum Gasteiger partial charge on any atom is -0.253 e. The molecular formula is C7H11ClN4O2S. The van der Waals surface area contributed by atoms with Crippen molar-refractivity contribution in [3.63, 3.8) is 0 Å². The second-order valence-corrected chi connectivity index (χ2v) is 4.95. The minimum absolute atomic E-state index is 0.118. The fourth-order valence-electron chi connectivity index (χ4n) is 0.848. The van der Waals surface area contributed by atoms with E-state index in [-0.39, 0.29) is 17.0 Å². The highest BCUT2D eigenvalue weighted by Gasteiger charge is 2.11. The Bertz CT molecular complexity index is 417. The van der Waals surface area contributed by atoms with Gasteiger partial charge in [-0.25, -0.2) is 0 Å². The Labute approximate surface area is 93.2 Å². The van der Waals surface area contributed by atoms with Gasteiger partial charge in [-0.2, -0.15) is 13.1 Å². The van der Waals surface area contributed by atoms with E-state index in [1.54, 1.807) is 13.8 Å². The molecule has 0 saturated carbocycles. The standard InChI is InChI=1S/C7H11ClN4O2S/c1-5(2)11-15(13,14)12-7-4-3-6(8)9-10-7/h3-5,11H,1-2H3,(H,10,12). The van der Waals surface area contributed by atoms with Crippen molar-refractivity contribution in [1.29, 1.82) is 0 Å². The first-order chi connectivity index (χ1) is 6.89. The summed E-state index contributed by atoms with van der Waals surface area (Å²) in [5.41, 5.74) is 0. The van der Waals surface area contributed by atoms with Crippen molar-refractivity contribution in [3.8, 4) is 0 Å². The Morgan fingerprint density at radius 1 is 1.33 bits per heavy atom. The lowest BCUT2D eigenvalue weighted by atomic mass is 10.4. The highest BCUT2D eigenvalue weighted by atomic mass is 35.5. The smallest absolute Gasteiger partial charge is 0.253 e. The van der Waals surface area contributed by atoms with Crippen LogP contribution in [0.5, 0.6) is 0 Å². The number of halogens is 1. The summed E-state index contributed by atoms with van der Waals surface area (Å²) in [6.07, 6.45) is 0. The molecule has 15 heavy (non-hydrogen) atoms. The molecule has 0 radical (unpaired) electrons. The van der Waals surface area contributed by atoms with Gasteiger partial charge in [-0.05, 0) is 26.0 Å². The monoisotopic (exact) mass is 250 g/mol. The summed E-state index contributed by atoms with van der Waals surface area (Å²) in [6.45, 7) is 3.43. The number of hydrogen-bond acceptors (Lipinski definition) is 4. The minimum atomic E-state index is -3.59. The van der Waals surface area contributed by atoms with Gasteiger partial charge >= 0.3 is 10.2 Å². The average molecular weight is 251 g/mol. The van der Waals surface area contributed by atoms with E-state index in [1.165, 1.54) is 12.1 Å². The molecule has 0 aliphatic carbocycles. The zero-order valence-electron chi connectivity index (χ0n) is 8.23. The van der Waals surface area contributed by atoms with Crippen molar-refractivity contribution in [2.75, 3.05) is 4.72 Å². The summed E-state index contributed by atoms with van der Waals surface area (Å²) >= 11 is 5.50. The third-order valence-corrected chi connectivity index (χ3v) is 2.72. The van der Waals surface area contributed by atoms with E-state index in [4.69, 9.17) is 11.6 Å². The van der Waals surface area contributed by atoms with Crippen LogP contribution in [0.25, 0.3) is 0 Å². The Morgan fingerprint density at radius 2 is 2.00 bits per heavy atom. The summed E-state index contributed by atoms with van der Waals surface area (Å²) in [6, 6.07) is 2.68. The molecule has 0 fully saturated rings. The summed E-state index contributed by atoms with van der Waals surface area (Å²) in [7, 11) is -3.59. The van der Waals surface area contributed by atoms with Crippen LogP contribution in [0.2, 0.25) is 5.15 Å². The summed E-state index contributed by atoms with van der Waals surface area (Å²) in [5, 5.41) is 7.27. The fourth-order valence-corrected chi connectivity index (χ4v) is 2.01. The van der Waals surface area contributed by atoms with E-state index in [0.29, 0.717) is 0 Å². The van der Waals surface area contributed by atoms with E-state index in [0.717, 1.165) is 0 Å². The zero-order valence-corrected chi connectivity index (χ0v) is 9.80. The van der Waals surface area contributed by atoms with Gasteiger partial charge in [-0.1, -0.05) is 11.6 Å². The second kappa shape index (κ2) is 4.73. The lowest BCUT2D eigenvalue weighted by Crippen LogP contribution is -2.35. The molecular weight excluding hydrogens is 240 g/mol. The van der Waals surface area contributed by atoms with Gasteiger partial charge in [0.1, 0.15) is 0 Å². The van der Waals surface area contributed by atoms with E-state index >= 15 is 0 Å². The quantitative estimate of drug-likeness (QED) is 0.827. The molecule has 0 saturated heterocycles. The Kier molecular flexibility index (Phi) is 3.83.